The van der Waals surface area contributed by atoms with Gasteiger partial charge in [0.25, 0.3) is 0 Å². The fraction of sp³-hybridized carbons (Fsp3) is 0. The van der Waals surface area contributed by atoms with E-state index in [1.54, 1.807) is 0 Å². The minimum absolute atomic E-state index is 1.18. The van der Waals surface area contributed by atoms with Crippen molar-refractivity contribution in [3.05, 3.63) is 337 Å². The lowest BCUT2D eigenvalue weighted by Gasteiger charge is -2.18. The number of hydrogen-bond donors (Lipinski definition) is 0. The van der Waals surface area contributed by atoms with Gasteiger partial charge < -0.3 is 0 Å². The van der Waals surface area contributed by atoms with Crippen molar-refractivity contribution in [1.82, 2.24) is 0 Å². The number of fused-ring (bicyclic) bond motifs is 4. The van der Waals surface area contributed by atoms with E-state index in [4.69, 9.17) is 0 Å². The lowest BCUT2D eigenvalue weighted by Crippen LogP contribution is -1.91. The van der Waals surface area contributed by atoms with Gasteiger partial charge in [-0.05, 0) is 145 Å². The molecule has 0 atom stereocenters. The molecule has 0 aliphatic carbocycles. The molecule has 0 heterocycles. The minimum Gasteiger partial charge on any atom is -0.0622 e. The zero-order chi connectivity index (χ0) is 49.5. The summed E-state index contributed by atoms with van der Waals surface area (Å²) in [5, 5.41) is 10.2. The average molecular weight is 941 g/mol. The van der Waals surface area contributed by atoms with Crippen LogP contribution in [0.5, 0.6) is 0 Å². The molecule has 0 amide bonds. The van der Waals surface area contributed by atoms with Crippen molar-refractivity contribution in [2.75, 3.05) is 0 Å². The number of hydrogen-bond acceptors (Lipinski definition) is 0. The van der Waals surface area contributed by atoms with Crippen LogP contribution in [0.2, 0.25) is 0 Å². The number of benzene rings is 13. The molecule has 0 aliphatic rings. The van der Waals surface area contributed by atoms with E-state index >= 15 is 0 Å². The van der Waals surface area contributed by atoms with Crippen molar-refractivity contribution >= 4 is 66.4 Å². The molecule has 0 unspecified atom stereocenters. The smallest absolute Gasteiger partial charge is 0.00262 e. The van der Waals surface area contributed by atoms with Gasteiger partial charge in [0.15, 0.2) is 0 Å². The van der Waals surface area contributed by atoms with E-state index in [-0.39, 0.29) is 0 Å². The molecule has 0 saturated carbocycles. The van der Waals surface area contributed by atoms with Gasteiger partial charge in [0, 0.05) is 0 Å². The van der Waals surface area contributed by atoms with Crippen LogP contribution in [0, 0.1) is 0 Å². The highest BCUT2D eigenvalue weighted by molar-refractivity contribution is 6.22. The average Bonchev–Trinajstić information content (AvgIpc) is 3.48. The van der Waals surface area contributed by atoms with Gasteiger partial charge in [0.1, 0.15) is 0 Å². The largest absolute Gasteiger partial charge is 0.0622 e. The van der Waals surface area contributed by atoms with Crippen LogP contribution in [-0.4, -0.2) is 0 Å². The predicted molar refractivity (Wildman–Crippen MR) is 319 cm³/mol. The Bertz CT molecular complexity index is 3700. The zero-order valence-corrected chi connectivity index (χ0v) is 41.0. The van der Waals surface area contributed by atoms with Gasteiger partial charge in [-0.15, -0.1) is 0 Å². The van der Waals surface area contributed by atoms with Gasteiger partial charge in [-0.25, -0.2) is 0 Å². The van der Waals surface area contributed by atoms with E-state index in [1.165, 1.54) is 121 Å². The van der Waals surface area contributed by atoms with Crippen LogP contribution in [0.15, 0.2) is 303 Å². The van der Waals surface area contributed by atoms with Crippen molar-refractivity contribution in [2.24, 2.45) is 0 Å². The summed E-state index contributed by atoms with van der Waals surface area (Å²) in [5.74, 6) is 0. The molecule has 0 saturated heterocycles. The topological polar surface area (TPSA) is 0 Å². The first kappa shape index (κ1) is 45.5. The first-order chi connectivity index (χ1) is 36.7. The van der Waals surface area contributed by atoms with E-state index in [0.717, 1.165) is 0 Å². The lowest BCUT2D eigenvalue weighted by atomic mass is 9.85. The summed E-state index contributed by atoms with van der Waals surface area (Å²) >= 11 is 0. The minimum atomic E-state index is 1.18. The fourth-order valence-corrected chi connectivity index (χ4v) is 10.5. The number of rotatable bonds is 9. The molecule has 13 aromatic carbocycles. The monoisotopic (exact) mass is 940 g/mol. The van der Waals surface area contributed by atoms with Crippen molar-refractivity contribution in [3.8, 4) is 33.4 Å². The molecule has 348 valence electrons. The highest BCUT2D eigenvalue weighted by atomic mass is 14.2. The normalized spacial score (nSPS) is 11.0. The molecule has 13 aromatic rings. The van der Waals surface area contributed by atoms with Gasteiger partial charge in [-0.2, -0.15) is 0 Å². The maximum Gasteiger partial charge on any atom is -0.00262 e. The van der Waals surface area contributed by atoms with Gasteiger partial charge in [-0.3, -0.25) is 0 Å². The molecule has 0 spiro atoms. The van der Waals surface area contributed by atoms with Gasteiger partial charge >= 0.3 is 0 Å². The second kappa shape index (κ2) is 21.0. The zero-order valence-electron chi connectivity index (χ0n) is 41.0. The Labute approximate surface area is 434 Å². The Morgan fingerprint density at radius 2 is 0.459 bits per heavy atom. The first-order valence-electron chi connectivity index (χ1n) is 25.5. The van der Waals surface area contributed by atoms with E-state index in [1.807, 2.05) is 0 Å². The van der Waals surface area contributed by atoms with Gasteiger partial charge in [0.2, 0.25) is 0 Å². The molecule has 13 rings (SSSR count). The van der Waals surface area contributed by atoms with Crippen LogP contribution in [0.3, 0.4) is 0 Å². The third-order valence-corrected chi connectivity index (χ3v) is 14.1. The lowest BCUT2D eigenvalue weighted by molar-refractivity contribution is 1.54. The summed E-state index contributed by atoms with van der Waals surface area (Å²) in [4.78, 5) is 0. The quantitative estimate of drug-likeness (QED) is 0.0999. The molecule has 0 N–H and O–H groups in total. The maximum atomic E-state index is 2.33. The van der Waals surface area contributed by atoms with Crippen LogP contribution < -0.4 is 0 Å². The van der Waals surface area contributed by atoms with Crippen molar-refractivity contribution in [3.63, 3.8) is 0 Å². The van der Waals surface area contributed by atoms with Gasteiger partial charge in [0.05, 0.1) is 0 Å². The van der Waals surface area contributed by atoms with Crippen LogP contribution >= 0.6 is 0 Å². The van der Waals surface area contributed by atoms with Crippen molar-refractivity contribution < 1.29 is 0 Å². The maximum absolute atomic E-state index is 2.33. The Morgan fingerprint density at radius 1 is 0.203 bits per heavy atom. The highest BCUT2D eigenvalue weighted by Crippen LogP contribution is 2.44. The third-order valence-electron chi connectivity index (χ3n) is 14.1. The molecular weight excluding hydrogens is 889 g/mol. The standard InChI is InChI=1S/C40H30.C34H22/c1-5-13-35(14-6-1)39(36-15-7-2-8-16-36)29-31-21-25-33(26-22-31)34-27-23-32(24-28-34)30-40(37-17-9-3-10-18-37)38-19-11-4-12-20-38;1-3-11-25-21-27(19-17-23(25)9-1)33-29-13-5-7-15-31(29)34(32-16-8-6-14-30(32)33)28-20-18-24-10-2-4-12-26(24)22-28/h1-30H;1-22H. The summed E-state index contributed by atoms with van der Waals surface area (Å²) in [6, 6.07) is 109. The van der Waals surface area contributed by atoms with E-state index in [2.05, 4.69) is 315 Å². The van der Waals surface area contributed by atoms with Crippen molar-refractivity contribution in [2.45, 2.75) is 0 Å². The fourth-order valence-electron chi connectivity index (χ4n) is 10.5. The highest BCUT2D eigenvalue weighted by Gasteiger charge is 2.17. The second-order valence-electron chi connectivity index (χ2n) is 18.8. The summed E-state index contributed by atoms with van der Waals surface area (Å²) in [6.45, 7) is 0. The van der Waals surface area contributed by atoms with Crippen LogP contribution in [0.1, 0.15) is 33.4 Å². The van der Waals surface area contributed by atoms with E-state index < -0.39 is 0 Å². The Morgan fingerprint density at radius 3 is 0.770 bits per heavy atom. The van der Waals surface area contributed by atoms with Gasteiger partial charge in [-0.1, -0.05) is 291 Å². The summed E-state index contributed by atoms with van der Waals surface area (Å²) in [7, 11) is 0. The summed E-state index contributed by atoms with van der Waals surface area (Å²) < 4.78 is 0. The molecule has 0 aromatic heterocycles. The molecular formula is C74H52. The second-order valence-corrected chi connectivity index (χ2v) is 18.8. The molecule has 0 radical (unpaired) electrons. The molecule has 0 heteroatoms. The first-order valence-corrected chi connectivity index (χ1v) is 25.5. The summed E-state index contributed by atoms with van der Waals surface area (Å²) in [6.07, 6.45) is 4.55. The van der Waals surface area contributed by atoms with Crippen LogP contribution in [-0.2, 0) is 0 Å². The Hall–Kier alpha value is -9.62. The Balaban J connectivity index is 0.000000152. The summed E-state index contributed by atoms with van der Waals surface area (Å²) in [5.41, 5.74) is 17.2. The molecule has 0 bridgehead atoms. The third kappa shape index (κ3) is 9.61. The molecule has 0 aliphatic heterocycles. The molecule has 74 heavy (non-hydrogen) atoms. The van der Waals surface area contributed by atoms with E-state index in [0.29, 0.717) is 0 Å². The predicted octanol–water partition coefficient (Wildman–Crippen LogP) is 20.2. The Kier molecular flexibility index (Phi) is 12.9. The molecule has 0 fully saturated rings. The van der Waals surface area contributed by atoms with Crippen LogP contribution in [0.4, 0.5) is 0 Å². The van der Waals surface area contributed by atoms with E-state index in [9.17, 15) is 0 Å². The van der Waals surface area contributed by atoms with Crippen molar-refractivity contribution in [1.29, 1.82) is 0 Å². The van der Waals surface area contributed by atoms with Crippen LogP contribution in [0.25, 0.3) is 99.8 Å². The SMILES string of the molecule is C(=C(c1ccccc1)c1ccccc1)c1ccc(-c2ccc(C=C(c3ccccc3)c3ccccc3)cc2)cc1.c1ccc2cc(-c3c4ccccc4c(-c4ccc5ccccc5c4)c4ccccc34)ccc2c1. The molecule has 0 nitrogen and oxygen atoms in total.